The van der Waals surface area contributed by atoms with E-state index in [0.29, 0.717) is 6.42 Å². The lowest BCUT2D eigenvalue weighted by atomic mass is 9.76. The second kappa shape index (κ2) is 15.1. The third kappa shape index (κ3) is 8.18. The second-order valence-corrected chi connectivity index (χ2v) is 11.8. The van der Waals surface area contributed by atoms with Crippen molar-refractivity contribution in [3.05, 3.63) is 0 Å². The molecule has 3 fully saturated rings. The zero-order valence-corrected chi connectivity index (χ0v) is 24.6. The second-order valence-electron chi connectivity index (χ2n) is 11.8. The third-order valence-electron chi connectivity index (χ3n) is 8.37. The van der Waals surface area contributed by atoms with Crippen molar-refractivity contribution in [1.82, 2.24) is 0 Å². The van der Waals surface area contributed by atoms with E-state index < -0.39 is 110 Å². The molecule has 0 aromatic rings. The fraction of sp³-hybridized carbons (Fsp3) is 0.923. The highest BCUT2D eigenvalue weighted by molar-refractivity contribution is 5.83. The number of rotatable bonds is 12. The highest BCUT2D eigenvalue weighted by Gasteiger charge is 2.54. The maximum Gasteiger partial charge on any atom is 0.187 e. The lowest BCUT2D eigenvalue weighted by Gasteiger charge is -2.48. The molecule has 2 saturated heterocycles. The molecule has 2 heterocycles. The summed E-state index contributed by atoms with van der Waals surface area (Å²) < 4.78 is 23.5. The van der Waals surface area contributed by atoms with E-state index >= 15 is 0 Å². The van der Waals surface area contributed by atoms with Gasteiger partial charge in [-0.25, -0.2) is 4.99 Å². The van der Waals surface area contributed by atoms with Crippen LogP contribution in [0.2, 0.25) is 0 Å². The Labute approximate surface area is 249 Å². The van der Waals surface area contributed by atoms with Gasteiger partial charge in [0.1, 0.15) is 54.9 Å². The Morgan fingerprint density at radius 1 is 0.884 bits per heavy atom. The van der Waals surface area contributed by atoms with Crippen LogP contribution in [0.3, 0.4) is 0 Å². The number of aliphatic hydroxyl groups excluding tert-OH is 7. The summed E-state index contributed by atoms with van der Waals surface area (Å²) in [6, 6.07) is -3.05. The van der Waals surface area contributed by atoms with Crippen molar-refractivity contribution in [3.63, 3.8) is 0 Å². The molecular formula is C26H49N5O12. The summed E-state index contributed by atoms with van der Waals surface area (Å²) in [5.41, 5.74) is 23.4. The van der Waals surface area contributed by atoms with Crippen LogP contribution in [0, 0.1) is 5.92 Å². The quantitative estimate of drug-likeness (QED) is 0.0715. The van der Waals surface area contributed by atoms with E-state index in [2.05, 4.69) is 4.99 Å². The number of nitrogens with two attached hydrogens (primary N) is 4. The Morgan fingerprint density at radius 3 is 2.05 bits per heavy atom. The summed E-state index contributed by atoms with van der Waals surface area (Å²) in [5.74, 6) is -1.57. The largest absolute Gasteiger partial charge is 0.391 e. The maximum atomic E-state index is 12.7. The van der Waals surface area contributed by atoms with Gasteiger partial charge in [0, 0.05) is 12.5 Å². The molecule has 0 amide bonds. The molecule has 1 aliphatic carbocycles. The number of guanidine groups is 1. The van der Waals surface area contributed by atoms with Gasteiger partial charge in [0.2, 0.25) is 0 Å². The molecule has 6 unspecified atom stereocenters. The molecule has 2 aliphatic heterocycles. The van der Waals surface area contributed by atoms with Gasteiger partial charge < -0.3 is 77.6 Å². The first-order chi connectivity index (χ1) is 20.1. The molecule has 43 heavy (non-hydrogen) atoms. The van der Waals surface area contributed by atoms with Crippen LogP contribution >= 0.6 is 0 Å². The van der Waals surface area contributed by atoms with Crippen LogP contribution in [0.4, 0.5) is 0 Å². The van der Waals surface area contributed by atoms with Crippen LogP contribution in [0.15, 0.2) is 4.99 Å². The molecule has 17 heteroatoms. The van der Waals surface area contributed by atoms with Crippen LogP contribution in [-0.4, -0.2) is 145 Å². The van der Waals surface area contributed by atoms with E-state index in [4.69, 9.17) is 41.9 Å². The summed E-state index contributed by atoms with van der Waals surface area (Å²) >= 11 is 0. The number of carbonyl (C=O) groups excluding carboxylic acids is 1. The minimum atomic E-state index is -1.62. The number of nitrogens with zero attached hydrogens (tertiary/aromatic N) is 1. The molecule has 3 aliphatic rings. The minimum Gasteiger partial charge on any atom is -0.391 e. The van der Waals surface area contributed by atoms with Gasteiger partial charge >= 0.3 is 0 Å². The normalized spacial score (nSPS) is 44.0. The van der Waals surface area contributed by atoms with Gasteiger partial charge in [-0.1, -0.05) is 13.3 Å². The van der Waals surface area contributed by atoms with Gasteiger partial charge in [-0.2, -0.15) is 0 Å². The average Bonchev–Trinajstić information content (AvgIpc) is 3.21. The Balaban J connectivity index is 1.88. The van der Waals surface area contributed by atoms with E-state index in [1.54, 1.807) is 6.92 Å². The van der Waals surface area contributed by atoms with Crippen molar-refractivity contribution in [2.45, 2.75) is 144 Å². The third-order valence-corrected chi connectivity index (χ3v) is 8.37. The molecular weight excluding hydrogens is 574 g/mol. The molecule has 3 rings (SSSR count). The molecule has 0 spiro atoms. The number of ketones is 1. The molecule has 250 valence electrons. The number of Topliss-reactive ketones (excluding diaryl/α,β-unsaturated/α-hetero) is 1. The van der Waals surface area contributed by atoms with Crippen LogP contribution in [0.5, 0.6) is 0 Å². The fourth-order valence-electron chi connectivity index (χ4n) is 5.93. The highest BCUT2D eigenvalue weighted by atomic mass is 16.7. The van der Waals surface area contributed by atoms with Gasteiger partial charge in [0.25, 0.3) is 0 Å². The molecule has 0 bridgehead atoms. The summed E-state index contributed by atoms with van der Waals surface area (Å²) in [7, 11) is 0. The van der Waals surface area contributed by atoms with Crippen molar-refractivity contribution in [2.75, 3.05) is 0 Å². The van der Waals surface area contributed by atoms with Crippen molar-refractivity contribution >= 4 is 11.7 Å². The van der Waals surface area contributed by atoms with E-state index in [1.807, 2.05) is 6.92 Å². The molecule has 0 radical (unpaired) electrons. The Morgan fingerprint density at radius 2 is 1.47 bits per heavy atom. The lowest BCUT2D eigenvalue weighted by Crippen LogP contribution is -2.67. The summed E-state index contributed by atoms with van der Waals surface area (Å²) in [4.78, 5) is 16.6. The molecule has 15 N–H and O–H groups in total. The van der Waals surface area contributed by atoms with Crippen molar-refractivity contribution in [3.8, 4) is 0 Å². The number of carbonyl (C=O) groups is 1. The van der Waals surface area contributed by atoms with E-state index in [-0.39, 0.29) is 25.2 Å². The first-order valence-electron chi connectivity index (χ1n) is 14.6. The summed E-state index contributed by atoms with van der Waals surface area (Å²) in [6.45, 7) is 4.70. The summed E-state index contributed by atoms with van der Waals surface area (Å²) in [5, 5.41) is 73.9. The zero-order chi connectivity index (χ0) is 32.3. The maximum absolute atomic E-state index is 12.7. The average molecular weight is 624 g/mol. The lowest BCUT2D eigenvalue weighted by molar-refractivity contribution is -0.317. The van der Waals surface area contributed by atoms with Crippen molar-refractivity contribution < 1.29 is 59.5 Å². The number of hydrogen-bond donors (Lipinski definition) is 11. The topological polar surface area (TPSA) is 312 Å². The molecule has 17 nitrogen and oxygen atoms in total. The summed E-state index contributed by atoms with van der Waals surface area (Å²) in [6.07, 6.45) is -17.5. The van der Waals surface area contributed by atoms with Crippen molar-refractivity contribution in [1.29, 1.82) is 0 Å². The van der Waals surface area contributed by atoms with Crippen molar-refractivity contribution in [2.24, 2.45) is 33.8 Å². The monoisotopic (exact) mass is 623 g/mol. The molecule has 0 aromatic carbocycles. The van der Waals surface area contributed by atoms with Gasteiger partial charge in [0.15, 0.2) is 24.3 Å². The minimum absolute atomic E-state index is 0.0318. The zero-order valence-electron chi connectivity index (χ0n) is 24.6. The van der Waals surface area contributed by atoms with E-state index in [9.17, 15) is 40.5 Å². The molecule has 17 atom stereocenters. The van der Waals surface area contributed by atoms with Crippen LogP contribution in [-0.2, 0) is 23.7 Å². The van der Waals surface area contributed by atoms with E-state index in [1.165, 1.54) is 6.92 Å². The highest BCUT2D eigenvalue weighted by Crippen LogP contribution is 2.37. The van der Waals surface area contributed by atoms with Gasteiger partial charge in [-0.3, -0.25) is 4.79 Å². The predicted octanol–water partition coefficient (Wildman–Crippen LogP) is -5.15. The Bertz CT molecular complexity index is 944. The van der Waals surface area contributed by atoms with Crippen LogP contribution < -0.4 is 22.9 Å². The van der Waals surface area contributed by atoms with E-state index in [0.717, 1.165) is 0 Å². The van der Waals surface area contributed by atoms with Gasteiger partial charge in [0.05, 0.1) is 24.3 Å². The number of aliphatic imine (C=N–C) groups is 1. The Hall–Kier alpha value is -1.58. The molecule has 0 aromatic heterocycles. The fourth-order valence-corrected chi connectivity index (χ4v) is 5.93. The smallest absolute Gasteiger partial charge is 0.187 e. The molecule has 1 saturated carbocycles. The first kappa shape index (κ1) is 35.9. The number of aliphatic hydroxyl groups is 7. The predicted molar refractivity (Wildman–Crippen MR) is 149 cm³/mol. The van der Waals surface area contributed by atoms with Crippen LogP contribution in [0.25, 0.3) is 0 Å². The first-order valence-corrected chi connectivity index (χ1v) is 14.6. The standard InChI is InChI=1S/C26H49N5O12/c1-4-5-12(33)13(34)7-10-6-11(27)22(42-24-14(28)16(36)17(37)21(41-24)9(3)32)23(15(10)35)43-25-19(39)18(38)20(40-25)8(2)31-26(29)30/h8-12,14-25,32-33,35-39H,4-7,27-28H2,1-3H3,(H4,29,30,31)/t8-,9-,10+,11?,12?,14?,15?,16-,17+,18-,19?,20-,21?,22-,23-,24-,25+/m1/s1. The van der Waals surface area contributed by atoms with Crippen LogP contribution in [0.1, 0.15) is 46.5 Å². The number of ether oxygens (including phenoxy) is 4. The Kier molecular flexibility index (Phi) is 12.6. The SMILES string of the molecule is CCCC(O)C(=O)C[C@@H]1CC(N)[C@@H](O[C@H]2OC([C@@H](C)O)[C@@H](O)[C@H](O)C2N)[C@H](O[C@@H]2O[C@H]([C@@H](C)N=C(N)N)[C@H](O)C2O)C1O. The van der Waals surface area contributed by atoms with Gasteiger partial charge in [-0.15, -0.1) is 0 Å². The number of hydrogen-bond acceptors (Lipinski definition) is 15. The van der Waals surface area contributed by atoms with Gasteiger partial charge in [-0.05, 0) is 32.6 Å².